The molecule has 1 saturated heterocycles. The molecule has 2 rings (SSSR count). The fourth-order valence-electron chi connectivity index (χ4n) is 3.41. The van der Waals surface area contributed by atoms with E-state index in [1.165, 1.54) is 4.90 Å². The fourth-order valence-corrected chi connectivity index (χ4v) is 3.41. The number of carbonyl (C=O) groups excluding carboxylic acids is 3. The third-order valence-corrected chi connectivity index (χ3v) is 4.87. The minimum absolute atomic E-state index is 0.0140. The average Bonchev–Trinajstić information content (AvgIpc) is 2.99. The first-order valence-corrected chi connectivity index (χ1v) is 10.0. The Morgan fingerprint density at radius 2 is 1.96 bits per heavy atom. The summed E-state index contributed by atoms with van der Waals surface area (Å²) in [5, 5.41) is 2.88. The van der Waals surface area contributed by atoms with Gasteiger partial charge in [0.1, 0.15) is 0 Å². The van der Waals surface area contributed by atoms with Crippen molar-refractivity contribution in [3.8, 4) is 0 Å². The Labute approximate surface area is 168 Å². The lowest BCUT2D eigenvalue weighted by atomic mass is 10.0. The van der Waals surface area contributed by atoms with Gasteiger partial charge in [-0.3, -0.25) is 14.4 Å². The highest BCUT2D eigenvalue weighted by atomic mass is 16.2. The van der Waals surface area contributed by atoms with Crippen LogP contribution >= 0.6 is 0 Å². The summed E-state index contributed by atoms with van der Waals surface area (Å²) in [6.45, 7) is 12.6. The minimum atomic E-state index is -0.419. The van der Waals surface area contributed by atoms with Gasteiger partial charge >= 0.3 is 0 Å². The van der Waals surface area contributed by atoms with Gasteiger partial charge in [-0.15, -0.1) is 0 Å². The van der Waals surface area contributed by atoms with Crippen LogP contribution in [-0.2, 0) is 14.4 Å². The van der Waals surface area contributed by atoms with Gasteiger partial charge in [0.25, 0.3) is 0 Å². The van der Waals surface area contributed by atoms with Gasteiger partial charge in [-0.2, -0.15) is 0 Å². The zero-order chi connectivity index (χ0) is 21.1. The van der Waals surface area contributed by atoms with Crippen LogP contribution in [0.4, 0.5) is 5.69 Å². The standard InChI is InChI=1S/C22H33N3O3/c1-7-24(14-19(26)23-22(4,5)6)21(28)17-12-20(27)25(13-17)18-10-8-9-16(11-18)15(2)3/h8-11,15,17H,7,12-14H2,1-6H3,(H,23,26). The molecule has 3 amide bonds. The molecule has 6 heteroatoms. The van der Waals surface area contributed by atoms with E-state index >= 15 is 0 Å². The molecule has 1 aromatic carbocycles. The van der Waals surface area contributed by atoms with E-state index in [4.69, 9.17) is 0 Å². The molecule has 0 spiro atoms. The molecule has 1 heterocycles. The lowest BCUT2D eigenvalue weighted by Crippen LogP contribution is -2.48. The van der Waals surface area contributed by atoms with E-state index in [0.717, 1.165) is 11.3 Å². The van der Waals surface area contributed by atoms with Crippen molar-refractivity contribution >= 4 is 23.4 Å². The number of nitrogens with one attached hydrogen (secondary N) is 1. The lowest BCUT2D eigenvalue weighted by Gasteiger charge is -2.26. The Morgan fingerprint density at radius 3 is 2.54 bits per heavy atom. The minimum Gasteiger partial charge on any atom is -0.350 e. The first-order chi connectivity index (χ1) is 13.0. The molecule has 154 valence electrons. The molecule has 0 aromatic heterocycles. The van der Waals surface area contributed by atoms with Crippen LogP contribution in [0.1, 0.15) is 59.4 Å². The molecule has 1 atom stereocenters. The first kappa shape index (κ1) is 21.9. The summed E-state index contributed by atoms with van der Waals surface area (Å²) in [7, 11) is 0. The van der Waals surface area contributed by atoms with E-state index in [0.29, 0.717) is 19.0 Å². The molecule has 1 fully saturated rings. The molecular formula is C22H33N3O3. The predicted molar refractivity (Wildman–Crippen MR) is 111 cm³/mol. The average molecular weight is 388 g/mol. The second kappa shape index (κ2) is 8.76. The number of hydrogen-bond donors (Lipinski definition) is 1. The van der Waals surface area contributed by atoms with Crippen LogP contribution < -0.4 is 10.2 Å². The van der Waals surface area contributed by atoms with E-state index in [2.05, 4.69) is 19.2 Å². The summed E-state index contributed by atoms with van der Waals surface area (Å²) >= 11 is 0. The van der Waals surface area contributed by atoms with Gasteiger partial charge in [0, 0.05) is 30.7 Å². The van der Waals surface area contributed by atoms with Crippen LogP contribution in [0, 0.1) is 5.92 Å². The van der Waals surface area contributed by atoms with Crippen molar-refractivity contribution in [2.24, 2.45) is 5.92 Å². The highest BCUT2D eigenvalue weighted by Crippen LogP contribution is 2.28. The van der Waals surface area contributed by atoms with Crippen molar-refractivity contribution < 1.29 is 14.4 Å². The molecule has 1 unspecified atom stereocenters. The van der Waals surface area contributed by atoms with Crippen LogP contribution in [0.3, 0.4) is 0 Å². The molecule has 1 N–H and O–H groups in total. The third-order valence-electron chi connectivity index (χ3n) is 4.87. The molecule has 0 saturated carbocycles. The number of hydrogen-bond acceptors (Lipinski definition) is 3. The van der Waals surface area contributed by atoms with E-state index in [9.17, 15) is 14.4 Å². The van der Waals surface area contributed by atoms with Crippen molar-refractivity contribution in [3.63, 3.8) is 0 Å². The van der Waals surface area contributed by atoms with Crippen molar-refractivity contribution in [3.05, 3.63) is 29.8 Å². The van der Waals surface area contributed by atoms with Crippen LogP contribution in [0.15, 0.2) is 24.3 Å². The highest BCUT2D eigenvalue weighted by molar-refractivity contribution is 6.00. The Morgan fingerprint density at radius 1 is 1.29 bits per heavy atom. The molecule has 6 nitrogen and oxygen atoms in total. The summed E-state index contributed by atoms with van der Waals surface area (Å²) < 4.78 is 0. The number of anilines is 1. The van der Waals surface area contributed by atoms with Gasteiger partial charge in [-0.1, -0.05) is 26.0 Å². The third kappa shape index (κ3) is 5.57. The lowest BCUT2D eigenvalue weighted by molar-refractivity contribution is -0.139. The highest BCUT2D eigenvalue weighted by Gasteiger charge is 2.37. The van der Waals surface area contributed by atoms with Crippen molar-refractivity contribution in [1.82, 2.24) is 10.2 Å². The van der Waals surface area contributed by atoms with Crippen LogP contribution in [0.25, 0.3) is 0 Å². The molecule has 28 heavy (non-hydrogen) atoms. The number of likely N-dealkylation sites (N-methyl/N-ethyl adjacent to an activating group) is 1. The SMILES string of the molecule is CCN(CC(=O)NC(C)(C)C)C(=O)C1CC(=O)N(c2cccc(C(C)C)c2)C1. The largest absolute Gasteiger partial charge is 0.350 e. The van der Waals surface area contributed by atoms with Crippen LogP contribution in [0.5, 0.6) is 0 Å². The molecule has 0 aliphatic carbocycles. The molecule has 1 aliphatic heterocycles. The summed E-state index contributed by atoms with van der Waals surface area (Å²) in [4.78, 5) is 41.0. The van der Waals surface area contributed by atoms with E-state index in [1.807, 2.05) is 52.0 Å². The van der Waals surface area contributed by atoms with Crippen LogP contribution in [-0.4, -0.2) is 47.8 Å². The predicted octanol–water partition coefficient (Wildman–Crippen LogP) is 2.93. The van der Waals surface area contributed by atoms with Crippen molar-refractivity contribution in [2.45, 2.75) is 59.4 Å². The second-order valence-electron chi connectivity index (χ2n) is 8.81. The van der Waals surface area contributed by atoms with E-state index in [-0.39, 0.29) is 36.2 Å². The Kier molecular flexibility index (Phi) is 6.86. The monoisotopic (exact) mass is 387 g/mol. The van der Waals surface area contributed by atoms with Gasteiger partial charge < -0.3 is 15.1 Å². The normalized spacial score (nSPS) is 17.2. The Hall–Kier alpha value is -2.37. The number of rotatable bonds is 6. The molecule has 0 bridgehead atoms. The maximum atomic E-state index is 12.9. The zero-order valence-electron chi connectivity index (χ0n) is 17.9. The van der Waals surface area contributed by atoms with Crippen molar-refractivity contribution in [1.29, 1.82) is 0 Å². The number of benzene rings is 1. The van der Waals surface area contributed by atoms with Gasteiger partial charge in [-0.05, 0) is 51.3 Å². The molecule has 0 radical (unpaired) electrons. The van der Waals surface area contributed by atoms with Gasteiger partial charge in [0.15, 0.2) is 0 Å². The summed E-state index contributed by atoms with van der Waals surface area (Å²) in [5.41, 5.74) is 1.65. The topological polar surface area (TPSA) is 69.7 Å². The maximum absolute atomic E-state index is 12.9. The van der Waals surface area contributed by atoms with Crippen molar-refractivity contribution in [2.75, 3.05) is 24.5 Å². The number of nitrogens with zero attached hydrogens (tertiary/aromatic N) is 2. The zero-order valence-corrected chi connectivity index (χ0v) is 17.9. The Balaban J connectivity index is 2.07. The smallest absolute Gasteiger partial charge is 0.240 e. The second-order valence-corrected chi connectivity index (χ2v) is 8.81. The summed E-state index contributed by atoms with van der Waals surface area (Å²) in [5.74, 6) is -0.421. The number of carbonyl (C=O) groups is 3. The quantitative estimate of drug-likeness (QED) is 0.816. The summed E-state index contributed by atoms with van der Waals surface area (Å²) in [6, 6.07) is 7.92. The summed E-state index contributed by atoms with van der Waals surface area (Å²) in [6.07, 6.45) is 0.183. The van der Waals surface area contributed by atoms with Gasteiger partial charge in [0.05, 0.1) is 12.5 Å². The van der Waals surface area contributed by atoms with E-state index in [1.54, 1.807) is 4.90 Å². The van der Waals surface area contributed by atoms with E-state index < -0.39 is 5.92 Å². The fraction of sp³-hybridized carbons (Fsp3) is 0.591. The first-order valence-electron chi connectivity index (χ1n) is 10.0. The number of amides is 3. The molecular weight excluding hydrogens is 354 g/mol. The Bertz CT molecular complexity index is 737. The van der Waals surface area contributed by atoms with Gasteiger partial charge in [0.2, 0.25) is 17.7 Å². The van der Waals surface area contributed by atoms with Crippen LogP contribution in [0.2, 0.25) is 0 Å². The van der Waals surface area contributed by atoms with Gasteiger partial charge in [-0.25, -0.2) is 0 Å². The molecule has 1 aliphatic rings. The molecule has 1 aromatic rings. The maximum Gasteiger partial charge on any atom is 0.240 e.